The van der Waals surface area contributed by atoms with Crippen LogP contribution in [0.3, 0.4) is 0 Å². The van der Waals surface area contributed by atoms with Crippen LogP contribution in [0.4, 0.5) is 0 Å². The summed E-state index contributed by atoms with van der Waals surface area (Å²) in [6, 6.07) is 0. The molecule has 0 bridgehead atoms. The maximum Gasteiger partial charge on any atom is 0.114 e. The minimum Gasteiger partial charge on any atom is -0.251 e. The SMILES string of the molecule is OOC(/C=C1\CC=CCC1)C1CC=CCC1. The third kappa shape index (κ3) is 3.06. The van der Waals surface area contributed by atoms with Crippen molar-refractivity contribution in [2.45, 2.75) is 44.6 Å². The Hall–Kier alpha value is -0.860. The van der Waals surface area contributed by atoms with Crippen molar-refractivity contribution >= 4 is 0 Å². The Morgan fingerprint density at radius 1 is 1.25 bits per heavy atom. The number of allylic oxidation sites excluding steroid dienone is 5. The van der Waals surface area contributed by atoms with Gasteiger partial charge in [0.25, 0.3) is 0 Å². The third-order valence-corrected chi connectivity index (χ3v) is 3.47. The van der Waals surface area contributed by atoms with Crippen LogP contribution in [0.2, 0.25) is 0 Å². The highest BCUT2D eigenvalue weighted by molar-refractivity contribution is 5.15. The molecule has 0 amide bonds. The quantitative estimate of drug-likeness (QED) is 0.444. The van der Waals surface area contributed by atoms with E-state index in [1.54, 1.807) is 0 Å². The van der Waals surface area contributed by atoms with E-state index in [1.165, 1.54) is 5.57 Å². The molecule has 0 saturated heterocycles. The van der Waals surface area contributed by atoms with Crippen molar-refractivity contribution in [3.63, 3.8) is 0 Å². The lowest BCUT2D eigenvalue weighted by Gasteiger charge is -2.24. The molecule has 0 aromatic heterocycles. The molecule has 2 unspecified atom stereocenters. The lowest BCUT2D eigenvalue weighted by molar-refractivity contribution is -0.277. The molecule has 0 saturated carbocycles. The first-order chi connectivity index (χ1) is 7.90. The maximum atomic E-state index is 9.02. The van der Waals surface area contributed by atoms with Crippen LogP contribution in [0.5, 0.6) is 0 Å². The summed E-state index contributed by atoms with van der Waals surface area (Å²) in [6.45, 7) is 0. The largest absolute Gasteiger partial charge is 0.251 e. The molecular weight excluding hydrogens is 200 g/mol. The van der Waals surface area contributed by atoms with Crippen LogP contribution in [0.25, 0.3) is 0 Å². The fraction of sp³-hybridized carbons (Fsp3) is 0.571. The van der Waals surface area contributed by atoms with Gasteiger partial charge < -0.3 is 0 Å². The molecule has 0 heterocycles. The fourth-order valence-electron chi connectivity index (χ4n) is 2.48. The zero-order valence-electron chi connectivity index (χ0n) is 9.64. The van der Waals surface area contributed by atoms with Crippen molar-refractivity contribution in [2.75, 3.05) is 0 Å². The minimum absolute atomic E-state index is 0.119. The number of hydrogen-bond acceptors (Lipinski definition) is 2. The molecule has 2 heteroatoms. The molecular formula is C14H20O2. The second-order valence-electron chi connectivity index (χ2n) is 4.65. The first-order valence-corrected chi connectivity index (χ1v) is 6.20. The first kappa shape index (κ1) is 11.6. The van der Waals surface area contributed by atoms with E-state index in [0.717, 1.165) is 38.5 Å². The van der Waals surface area contributed by atoms with Crippen LogP contribution in [0, 0.1) is 5.92 Å². The normalized spacial score (nSPS) is 29.6. The molecule has 0 fully saturated rings. The van der Waals surface area contributed by atoms with Crippen molar-refractivity contribution in [3.05, 3.63) is 36.0 Å². The molecule has 2 nitrogen and oxygen atoms in total. The van der Waals surface area contributed by atoms with E-state index in [4.69, 9.17) is 5.26 Å². The number of hydrogen-bond donors (Lipinski definition) is 1. The van der Waals surface area contributed by atoms with Gasteiger partial charge in [-0.25, -0.2) is 4.89 Å². The Bertz CT molecular complexity index is 302. The maximum absolute atomic E-state index is 9.02. The molecule has 88 valence electrons. The predicted octanol–water partition coefficient (Wildman–Crippen LogP) is 3.87. The van der Waals surface area contributed by atoms with E-state index in [2.05, 4.69) is 35.3 Å². The van der Waals surface area contributed by atoms with Crippen LogP contribution in [-0.4, -0.2) is 11.4 Å². The van der Waals surface area contributed by atoms with Gasteiger partial charge in [-0.3, -0.25) is 5.26 Å². The van der Waals surface area contributed by atoms with Crippen LogP contribution < -0.4 is 0 Å². The molecule has 0 aromatic rings. The van der Waals surface area contributed by atoms with Gasteiger partial charge in [-0.15, -0.1) is 0 Å². The van der Waals surface area contributed by atoms with Gasteiger partial charge in [0.1, 0.15) is 6.10 Å². The average Bonchev–Trinajstić information content (AvgIpc) is 2.38. The smallest absolute Gasteiger partial charge is 0.114 e. The predicted molar refractivity (Wildman–Crippen MR) is 65.1 cm³/mol. The topological polar surface area (TPSA) is 29.5 Å². The van der Waals surface area contributed by atoms with E-state index < -0.39 is 0 Å². The van der Waals surface area contributed by atoms with E-state index in [9.17, 15) is 0 Å². The summed E-state index contributed by atoms with van der Waals surface area (Å²) in [7, 11) is 0. The zero-order valence-corrected chi connectivity index (χ0v) is 9.64. The van der Waals surface area contributed by atoms with Crippen LogP contribution in [-0.2, 0) is 4.89 Å². The van der Waals surface area contributed by atoms with E-state index in [-0.39, 0.29) is 6.10 Å². The summed E-state index contributed by atoms with van der Waals surface area (Å²) < 4.78 is 0. The molecule has 0 aliphatic heterocycles. The van der Waals surface area contributed by atoms with Crippen LogP contribution in [0.15, 0.2) is 36.0 Å². The average molecular weight is 220 g/mol. The summed E-state index contributed by atoms with van der Waals surface area (Å²) in [6.07, 6.45) is 17.3. The Morgan fingerprint density at radius 3 is 2.75 bits per heavy atom. The van der Waals surface area contributed by atoms with Gasteiger partial charge in [0.15, 0.2) is 0 Å². The third-order valence-electron chi connectivity index (χ3n) is 3.47. The van der Waals surface area contributed by atoms with Crippen molar-refractivity contribution in [2.24, 2.45) is 5.92 Å². The van der Waals surface area contributed by atoms with E-state index in [1.807, 2.05) is 0 Å². The van der Waals surface area contributed by atoms with Crippen LogP contribution >= 0.6 is 0 Å². The van der Waals surface area contributed by atoms with Gasteiger partial charge in [-0.05, 0) is 44.4 Å². The summed E-state index contributed by atoms with van der Waals surface area (Å²) in [5.74, 6) is 0.438. The van der Waals surface area contributed by atoms with Crippen molar-refractivity contribution in [3.8, 4) is 0 Å². The van der Waals surface area contributed by atoms with Gasteiger partial charge in [0.05, 0.1) is 0 Å². The van der Waals surface area contributed by atoms with Gasteiger partial charge >= 0.3 is 0 Å². The molecule has 2 rings (SSSR count). The van der Waals surface area contributed by atoms with Crippen molar-refractivity contribution in [1.29, 1.82) is 0 Å². The van der Waals surface area contributed by atoms with Crippen molar-refractivity contribution < 1.29 is 10.1 Å². The molecule has 1 N–H and O–H groups in total. The van der Waals surface area contributed by atoms with E-state index in [0.29, 0.717) is 5.92 Å². The molecule has 2 atom stereocenters. The summed E-state index contributed by atoms with van der Waals surface area (Å²) in [5, 5.41) is 9.02. The second kappa shape index (κ2) is 6.02. The highest BCUT2D eigenvalue weighted by atomic mass is 17.1. The molecule has 2 aliphatic carbocycles. The summed E-state index contributed by atoms with van der Waals surface area (Å²) >= 11 is 0. The van der Waals surface area contributed by atoms with Crippen molar-refractivity contribution in [1.82, 2.24) is 0 Å². The minimum atomic E-state index is -0.119. The Labute approximate surface area is 97.2 Å². The molecule has 2 aliphatic rings. The second-order valence-corrected chi connectivity index (χ2v) is 4.65. The monoisotopic (exact) mass is 220 g/mol. The van der Waals surface area contributed by atoms with E-state index >= 15 is 0 Å². The lowest BCUT2D eigenvalue weighted by atomic mass is 9.87. The summed E-state index contributed by atoms with van der Waals surface area (Å²) in [5.41, 5.74) is 1.40. The highest BCUT2D eigenvalue weighted by Crippen LogP contribution is 2.27. The Kier molecular flexibility index (Phi) is 4.37. The van der Waals surface area contributed by atoms with Crippen LogP contribution in [0.1, 0.15) is 38.5 Å². The van der Waals surface area contributed by atoms with Gasteiger partial charge in [-0.2, -0.15) is 0 Å². The van der Waals surface area contributed by atoms with Gasteiger partial charge in [-0.1, -0.05) is 36.0 Å². The number of rotatable bonds is 3. The van der Waals surface area contributed by atoms with Gasteiger partial charge in [0.2, 0.25) is 0 Å². The highest BCUT2D eigenvalue weighted by Gasteiger charge is 2.21. The first-order valence-electron chi connectivity index (χ1n) is 6.20. The standard InChI is InChI=1S/C14H20O2/c15-16-14(13-9-5-2-6-10-13)11-12-7-3-1-4-8-12/h1-3,5,11,13-15H,4,6-10H2/b12-11+. The van der Waals surface area contributed by atoms with Gasteiger partial charge in [0, 0.05) is 0 Å². The fourth-order valence-corrected chi connectivity index (χ4v) is 2.48. The molecule has 0 aromatic carbocycles. The lowest BCUT2D eigenvalue weighted by Crippen LogP contribution is -2.22. The zero-order chi connectivity index (χ0) is 11.2. The Balaban J connectivity index is 1.98. The molecule has 16 heavy (non-hydrogen) atoms. The molecule has 0 radical (unpaired) electrons. The molecule has 0 spiro atoms. The summed E-state index contributed by atoms with van der Waals surface area (Å²) in [4.78, 5) is 4.66. The Morgan fingerprint density at radius 2 is 2.12 bits per heavy atom.